The lowest BCUT2D eigenvalue weighted by atomic mass is 10.0. The molecule has 0 aliphatic heterocycles. The van der Waals surface area contributed by atoms with Gasteiger partial charge in [0.2, 0.25) is 0 Å². The number of benzene rings is 2. The molecule has 2 aromatic carbocycles. The van der Waals surface area contributed by atoms with Crippen molar-refractivity contribution in [1.29, 1.82) is 0 Å². The number of hydrogen-bond donors (Lipinski definition) is 3. The van der Waals surface area contributed by atoms with Gasteiger partial charge in [-0.05, 0) is 88.6 Å². The first-order chi connectivity index (χ1) is 18.1. The Balaban J connectivity index is 1.62. The zero-order chi connectivity index (χ0) is 27.6. The summed E-state index contributed by atoms with van der Waals surface area (Å²) in [4.78, 5) is 26.3. The number of rotatable bonds is 12. The molecule has 3 aromatic rings. The van der Waals surface area contributed by atoms with Crippen LogP contribution in [0.25, 0.3) is 10.4 Å². The molecule has 0 fully saturated rings. The summed E-state index contributed by atoms with van der Waals surface area (Å²) < 4.78 is 11.4. The number of anilines is 1. The summed E-state index contributed by atoms with van der Waals surface area (Å²) in [6.07, 6.45) is 3.40. The molecule has 1 atom stereocenters. The molecule has 38 heavy (non-hydrogen) atoms. The van der Waals surface area contributed by atoms with E-state index in [-0.39, 0.29) is 0 Å². The summed E-state index contributed by atoms with van der Waals surface area (Å²) in [6.45, 7) is 6.63. The van der Waals surface area contributed by atoms with E-state index in [1.807, 2.05) is 35.7 Å². The highest BCUT2D eigenvalue weighted by atomic mass is 32.1. The fraction of sp³-hybridized carbons (Fsp3) is 0.400. The first kappa shape index (κ1) is 29.2. The maximum atomic E-state index is 13.1. The third kappa shape index (κ3) is 8.89. The molecule has 2 amide bonds. The number of amides is 2. The van der Waals surface area contributed by atoms with E-state index in [9.17, 15) is 14.7 Å². The average molecular weight is 539 g/mol. The van der Waals surface area contributed by atoms with Crippen molar-refractivity contribution >= 4 is 29.0 Å². The van der Waals surface area contributed by atoms with Crippen molar-refractivity contribution in [3.63, 3.8) is 0 Å². The molecule has 0 unspecified atom stereocenters. The lowest BCUT2D eigenvalue weighted by molar-refractivity contribution is -0.123. The van der Waals surface area contributed by atoms with Gasteiger partial charge in [-0.3, -0.25) is 4.79 Å². The molecule has 0 radical (unpaired) electrons. The number of aliphatic hydroxyl groups excluding tert-OH is 1. The van der Waals surface area contributed by atoms with Crippen LogP contribution in [0, 0.1) is 0 Å². The highest BCUT2D eigenvalue weighted by molar-refractivity contribution is 7.13. The van der Waals surface area contributed by atoms with E-state index in [0.717, 1.165) is 41.9 Å². The summed E-state index contributed by atoms with van der Waals surface area (Å²) in [7, 11) is 0. The van der Waals surface area contributed by atoms with Crippen LogP contribution < -0.4 is 15.4 Å². The maximum Gasteiger partial charge on any atom is 0.408 e. The minimum absolute atomic E-state index is 0.527. The van der Waals surface area contributed by atoms with Crippen LogP contribution in [0.15, 0.2) is 66.0 Å². The van der Waals surface area contributed by atoms with Gasteiger partial charge >= 0.3 is 6.09 Å². The van der Waals surface area contributed by atoms with E-state index in [4.69, 9.17) is 9.47 Å². The molecule has 0 saturated heterocycles. The summed E-state index contributed by atoms with van der Waals surface area (Å²) in [5.74, 6) is 0.181. The summed E-state index contributed by atoms with van der Waals surface area (Å²) in [6, 6.07) is 19.9. The van der Waals surface area contributed by atoms with Gasteiger partial charge < -0.3 is 25.2 Å². The minimum Gasteiger partial charge on any atom is -0.493 e. The molecule has 8 heteroatoms. The van der Waals surface area contributed by atoms with Crippen LogP contribution in [0.4, 0.5) is 10.5 Å². The predicted molar refractivity (Wildman–Crippen MR) is 153 cm³/mol. The summed E-state index contributed by atoms with van der Waals surface area (Å²) in [5, 5.41) is 17.2. The Labute approximate surface area is 229 Å². The topological polar surface area (TPSA) is 96.9 Å². The normalized spacial score (nSPS) is 12.9. The number of alkyl carbamates (subject to hydrolysis) is 1. The van der Waals surface area contributed by atoms with Gasteiger partial charge in [0.15, 0.2) is 0 Å². The van der Waals surface area contributed by atoms with Gasteiger partial charge in [0.25, 0.3) is 5.91 Å². The van der Waals surface area contributed by atoms with Crippen molar-refractivity contribution in [2.45, 2.75) is 64.5 Å². The first-order valence-electron chi connectivity index (χ1n) is 12.9. The SMILES string of the molecule is CC(C)(C)OC(=O)N[C@](C)(CO)C(=O)Nc1ccc(OCCCCCc2ccccc2)c(-c2cccs2)c1. The van der Waals surface area contributed by atoms with Crippen LogP contribution in [-0.2, 0) is 16.0 Å². The van der Waals surface area contributed by atoms with Gasteiger partial charge in [-0.1, -0.05) is 36.4 Å². The highest BCUT2D eigenvalue weighted by Gasteiger charge is 2.36. The second-order valence-corrected chi connectivity index (χ2v) is 11.4. The van der Waals surface area contributed by atoms with Crippen LogP contribution in [0.3, 0.4) is 0 Å². The van der Waals surface area contributed by atoms with Crippen LogP contribution in [-0.4, -0.2) is 41.5 Å². The third-order valence-electron chi connectivity index (χ3n) is 5.83. The first-order valence-corrected chi connectivity index (χ1v) is 13.8. The molecule has 3 rings (SSSR count). The van der Waals surface area contributed by atoms with E-state index >= 15 is 0 Å². The van der Waals surface area contributed by atoms with Crippen molar-refractivity contribution < 1.29 is 24.2 Å². The number of hydrogen-bond acceptors (Lipinski definition) is 6. The largest absolute Gasteiger partial charge is 0.493 e. The van der Waals surface area contributed by atoms with Crippen molar-refractivity contribution in [1.82, 2.24) is 5.32 Å². The summed E-state index contributed by atoms with van der Waals surface area (Å²) >= 11 is 1.58. The molecule has 3 N–H and O–H groups in total. The molecule has 0 bridgehead atoms. The Morgan fingerprint density at radius 2 is 1.71 bits per heavy atom. The molecule has 7 nitrogen and oxygen atoms in total. The number of carbonyl (C=O) groups is 2. The Hall–Kier alpha value is -3.36. The Morgan fingerprint density at radius 1 is 0.947 bits per heavy atom. The molecular weight excluding hydrogens is 500 g/mol. The third-order valence-corrected chi connectivity index (χ3v) is 6.73. The zero-order valence-electron chi connectivity index (χ0n) is 22.6. The number of aliphatic hydroxyl groups is 1. The summed E-state index contributed by atoms with van der Waals surface area (Å²) in [5.41, 5.74) is 0.446. The standard InChI is InChI=1S/C30H38N2O5S/c1-29(2,3)37-28(35)32-30(4,21-33)27(34)31-23-16-17-25(24(20-23)26-15-11-19-38-26)36-18-10-6-9-14-22-12-7-5-8-13-22/h5,7-8,11-13,15-17,19-20,33H,6,9-10,14,18,21H2,1-4H3,(H,31,34)(H,32,35)/t30-/m1/s1. The average Bonchev–Trinajstić information content (AvgIpc) is 3.41. The number of ether oxygens (including phenoxy) is 2. The fourth-order valence-electron chi connectivity index (χ4n) is 3.76. The van der Waals surface area contributed by atoms with Crippen molar-refractivity contribution in [2.75, 3.05) is 18.5 Å². The second-order valence-electron chi connectivity index (χ2n) is 10.4. The molecule has 204 valence electrons. The number of unbranched alkanes of at least 4 members (excludes halogenated alkanes) is 2. The van der Waals surface area contributed by atoms with Gasteiger partial charge in [0.05, 0.1) is 13.2 Å². The van der Waals surface area contributed by atoms with E-state index in [1.165, 1.54) is 12.5 Å². The monoisotopic (exact) mass is 538 g/mol. The van der Waals surface area contributed by atoms with E-state index in [0.29, 0.717) is 12.3 Å². The zero-order valence-corrected chi connectivity index (χ0v) is 23.4. The Bertz CT molecular complexity index is 1180. The van der Waals surface area contributed by atoms with Crippen molar-refractivity contribution in [2.24, 2.45) is 0 Å². The van der Waals surface area contributed by atoms with Gasteiger partial charge in [0.1, 0.15) is 16.9 Å². The molecule has 0 aliphatic rings. The van der Waals surface area contributed by atoms with Crippen molar-refractivity contribution in [3.8, 4) is 16.2 Å². The predicted octanol–water partition coefficient (Wildman–Crippen LogP) is 6.42. The molecule has 1 heterocycles. The minimum atomic E-state index is -1.57. The highest BCUT2D eigenvalue weighted by Crippen LogP contribution is 2.36. The lowest BCUT2D eigenvalue weighted by Crippen LogP contribution is -2.58. The van der Waals surface area contributed by atoms with Gasteiger partial charge in [-0.2, -0.15) is 0 Å². The van der Waals surface area contributed by atoms with Gasteiger partial charge in [0, 0.05) is 16.1 Å². The number of nitrogens with one attached hydrogen (secondary N) is 2. The van der Waals surface area contributed by atoms with Crippen LogP contribution in [0.2, 0.25) is 0 Å². The van der Waals surface area contributed by atoms with E-state index in [1.54, 1.807) is 38.2 Å². The van der Waals surface area contributed by atoms with Crippen LogP contribution in [0.1, 0.15) is 52.5 Å². The lowest BCUT2D eigenvalue weighted by Gasteiger charge is -2.29. The van der Waals surface area contributed by atoms with Crippen molar-refractivity contribution in [3.05, 3.63) is 71.6 Å². The van der Waals surface area contributed by atoms with Gasteiger partial charge in [-0.25, -0.2) is 4.79 Å². The quantitative estimate of drug-likeness (QED) is 0.231. The number of aryl methyl sites for hydroxylation is 1. The molecule has 0 aliphatic carbocycles. The fourth-order valence-corrected chi connectivity index (χ4v) is 4.51. The molecule has 0 saturated carbocycles. The van der Waals surface area contributed by atoms with Gasteiger partial charge in [-0.15, -0.1) is 11.3 Å². The second kappa shape index (κ2) is 13.4. The van der Waals surface area contributed by atoms with Crippen LogP contribution >= 0.6 is 11.3 Å². The van der Waals surface area contributed by atoms with E-state index in [2.05, 4.69) is 34.9 Å². The number of carbonyl (C=O) groups excluding carboxylic acids is 2. The number of thiophene rings is 1. The van der Waals surface area contributed by atoms with E-state index < -0.39 is 29.7 Å². The Morgan fingerprint density at radius 3 is 2.37 bits per heavy atom. The molecular formula is C30H38N2O5S. The smallest absolute Gasteiger partial charge is 0.408 e. The molecule has 1 aromatic heterocycles. The Kier molecular flexibility index (Phi) is 10.3. The maximum absolute atomic E-state index is 13.1. The van der Waals surface area contributed by atoms with Crippen LogP contribution in [0.5, 0.6) is 5.75 Å². The molecule has 0 spiro atoms.